The van der Waals surface area contributed by atoms with Gasteiger partial charge in [0.1, 0.15) is 5.82 Å². The first kappa shape index (κ1) is 19.1. The van der Waals surface area contributed by atoms with Crippen molar-refractivity contribution in [2.24, 2.45) is 0 Å². The number of amides is 1. The Morgan fingerprint density at radius 1 is 0.929 bits per heavy atom. The number of ether oxygens (including phenoxy) is 1. The van der Waals surface area contributed by atoms with Gasteiger partial charge in [-0.05, 0) is 67.4 Å². The fourth-order valence-electron chi connectivity index (χ4n) is 2.62. The molecule has 0 saturated carbocycles. The number of pyridine rings is 1. The number of methoxy groups -OCH3 is 1. The van der Waals surface area contributed by atoms with Crippen molar-refractivity contribution in [2.75, 3.05) is 17.7 Å². The van der Waals surface area contributed by atoms with E-state index in [4.69, 9.17) is 0 Å². The third-order valence-corrected chi connectivity index (χ3v) is 4.25. The van der Waals surface area contributed by atoms with Crippen molar-refractivity contribution in [1.29, 1.82) is 0 Å². The van der Waals surface area contributed by atoms with Crippen molar-refractivity contribution in [2.45, 2.75) is 13.8 Å². The van der Waals surface area contributed by atoms with Crippen LogP contribution in [0.1, 0.15) is 31.8 Å². The second-order valence-electron chi connectivity index (χ2n) is 6.40. The number of anilines is 3. The maximum absolute atomic E-state index is 12.5. The lowest BCUT2D eigenvalue weighted by Crippen LogP contribution is -2.13. The van der Waals surface area contributed by atoms with Crippen LogP contribution in [0.25, 0.3) is 0 Å². The molecule has 0 aliphatic carbocycles. The summed E-state index contributed by atoms with van der Waals surface area (Å²) in [4.78, 5) is 28.2. The number of aryl methyl sites for hydroxylation is 2. The van der Waals surface area contributed by atoms with Crippen LogP contribution in [0, 0.1) is 13.8 Å². The first-order valence-electron chi connectivity index (χ1n) is 8.76. The van der Waals surface area contributed by atoms with Gasteiger partial charge in [-0.25, -0.2) is 9.78 Å². The average molecular weight is 375 g/mol. The van der Waals surface area contributed by atoms with E-state index >= 15 is 0 Å². The van der Waals surface area contributed by atoms with Gasteiger partial charge in [0.15, 0.2) is 0 Å². The number of rotatable bonds is 5. The number of esters is 1. The zero-order valence-corrected chi connectivity index (χ0v) is 15.9. The van der Waals surface area contributed by atoms with E-state index in [0.29, 0.717) is 16.9 Å². The Balaban J connectivity index is 1.66. The molecule has 0 aliphatic heterocycles. The van der Waals surface area contributed by atoms with Crippen molar-refractivity contribution in [1.82, 2.24) is 4.98 Å². The van der Waals surface area contributed by atoms with E-state index in [1.165, 1.54) is 13.3 Å². The average Bonchev–Trinajstić information content (AvgIpc) is 2.71. The Labute approximate surface area is 163 Å². The topological polar surface area (TPSA) is 80.3 Å². The fourth-order valence-corrected chi connectivity index (χ4v) is 2.62. The monoisotopic (exact) mass is 375 g/mol. The summed E-state index contributed by atoms with van der Waals surface area (Å²) in [6.45, 7) is 3.93. The first-order valence-corrected chi connectivity index (χ1v) is 8.76. The van der Waals surface area contributed by atoms with E-state index in [0.717, 1.165) is 22.5 Å². The van der Waals surface area contributed by atoms with Gasteiger partial charge in [-0.2, -0.15) is 0 Å². The Hall–Kier alpha value is -3.67. The van der Waals surface area contributed by atoms with Gasteiger partial charge in [-0.3, -0.25) is 4.79 Å². The lowest BCUT2D eigenvalue weighted by Gasteiger charge is -2.10. The number of nitrogens with zero attached hydrogens (tertiary/aromatic N) is 1. The third-order valence-electron chi connectivity index (χ3n) is 4.25. The van der Waals surface area contributed by atoms with E-state index in [2.05, 4.69) is 20.4 Å². The molecule has 1 heterocycles. The molecule has 1 aromatic heterocycles. The second kappa shape index (κ2) is 8.35. The molecule has 6 heteroatoms. The van der Waals surface area contributed by atoms with Crippen LogP contribution in [0.3, 0.4) is 0 Å². The van der Waals surface area contributed by atoms with Crippen LogP contribution in [-0.4, -0.2) is 24.0 Å². The highest BCUT2D eigenvalue weighted by Gasteiger charge is 2.09. The third kappa shape index (κ3) is 4.54. The van der Waals surface area contributed by atoms with Crippen LogP contribution in [-0.2, 0) is 4.74 Å². The van der Waals surface area contributed by atoms with Crippen LogP contribution in [0.15, 0.2) is 60.8 Å². The molecule has 0 fully saturated rings. The molecule has 0 saturated heterocycles. The Morgan fingerprint density at radius 2 is 1.64 bits per heavy atom. The number of carbonyl (C=O) groups excluding carboxylic acids is 2. The number of nitrogens with one attached hydrogen (secondary N) is 2. The van der Waals surface area contributed by atoms with Crippen LogP contribution in [0.2, 0.25) is 0 Å². The summed E-state index contributed by atoms with van der Waals surface area (Å²) in [6.07, 6.45) is 1.52. The SMILES string of the molecule is COC(=O)c1ccc(Nc2ccc(C(=O)Nc3cc(C)ccc3C)cn2)cc1. The van der Waals surface area contributed by atoms with Gasteiger partial charge < -0.3 is 15.4 Å². The maximum atomic E-state index is 12.5. The molecular weight excluding hydrogens is 354 g/mol. The van der Waals surface area contributed by atoms with Gasteiger partial charge in [0, 0.05) is 17.6 Å². The molecule has 0 bridgehead atoms. The normalized spacial score (nSPS) is 10.2. The predicted octanol–water partition coefficient (Wildman–Crippen LogP) is 4.48. The van der Waals surface area contributed by atoms with E-state index in [1.54, 1.807) is 36.4 Å². The highest BCUT2D eigenvalue weighted by Crippen LogP contribution is 2.19. The van der Waals surface area contributed by atoms with Gasteiger partial charge >= 0.3 is 5.97 Å². The number of aromatic nitrogens is 1. The van der Waals surface area contributed by atoms with Gasteiger partial charge in [0.25, 0.3) is 5.91 Å². The largest absolute Gasteiger partial charge is 0.465 e. The molecule has 1 amide bonds. The lowest BCUT2D eigenvalue weighted by atomic mass is 10.1. The molecule has 0 atom stereocenters. The fraction of sp³-hybridized carbons (Fsp3) is 0.136. The van der Waals surface area contributed by atoms with Crippen molar-refractivity contribution >= 4 is 29.1 Å². The molecule has 0 aliphatic rings. The van der Waals surface area contributed by atoms with E-state index in [-0.39, 0.29) is 11.9 Å². The minimum atomic E-state index is -0.385. The van der Waals surface area contributed by atoms with Crippen LogP contribution < -0.4 is 10.6 Å². The van der Waals surface area contributed by atoms with Crippen molar-refractivity contribution < 1.29 is 14.3 Å². The van der Waals surface area contributed by atoms with E-state index < -0.39 is 0 Å². The van der Waals surface area contributed by atoms with Gasteiger partial charge in [0.2, 0.25) is 0 Å². The van der Waals surface area contributed by atoms with E-state index in [1.807, 2.05) is 32.0 Å². The first-order chi connectivity index (χ1) is 13.5. The van der Waals surface area contributed by atoms with Crippen molar-refractivity contribution in [3.63, 3.8) is 0 Å². The zero-order chi connectivity index (χ0) is 20.1. The standard InChI is InChI=1S/C22H21N3O3/c1-14-4-5-15(2)19(12-14)25-21(26)17-8-11-20(23-13-17)24-18-9-6-16(7-10-18)22(27)28-3/h4-13H,1-3H3,(H,23,24)(H,25,26). The number of hydrogen-bond acceptors (Lipinski definition) is 5. The quantitative estimate of drug-likeness (QED) is 0.643. The van der Waals surface area contributed by atoms with Crippen LogP contribution in [0.4, 0.5) is 17.2 Å². The molecule has 0 unspecified atom stereocenters. The smallest absolute Gasteiger partial charge is 0.337 e. The predicted molar refractivity (Wildman–Crippen MR) is 109 cm³/mol. The van der Waals surface area contributed by atoms with Crippen LogP contribution in [0.5, 0.6) is 0 Å². The summed E-state index contributed by atoms with van der Waals surface area (Å²) in [6, 6.07) is 16.2. The van der Waals surface area contributed by atoms with Gasteiger partial charge in [0.05, 0.1) is 18.2 Å². The summed E-state index contributed by atoms with van der Waals surface area (Å²) in [5.74, 6) is -0.00632. The second-order valence-corrected chi connectivity index (χ2v) is 6.40. The number of hydrogen-bond donors (Lipinski definition) is 2. The molecule has 142 valence electrons. The molecule has 2 aromatic carbocycles. The molecular formula is C22H21N3O3. The zero-order valence-electron chi connectivity index (χ0n) is 15.9. The minimum Gasteiger partial charge on any atom is -0.465 e. The molecule has 3 aromatic rings. The number of benzene rings is 2. The van der Waals surface area contributed by atoms with Gasteiger partial charge in [-0.15, -0.1) is 0 Å². The molecule has 3 rings (SSSR count). The summed E-state index contributed by atoms with van der Waals surface area (Å²) < 4.78 is 4.68. The highest BCUT2D eigenvalue weighted by atomic mass is 16.5. The number of carbonyl (C=O) groups is 2. The van der Waals surface area contributed by atoms with E-state index in [9.17, 15) is 9.59 Å². The summed E-state index contributed by atoms with van der Waals surface area (Å²) >= 11 is 0. The Morgan fingerprint density at radius 3 is 2.29 bits per heavy atom. The molecule has 2 N–H and O–H groups in total. The molecule has 0 radical (unpaired) electrons. The van der Waals surface area contributed by atoms with Gasteiger partial charge in [-0.1, -0.05) is 12.1 Å². The Bertz CT molecular complexity index is 997. The molecule has 6 nitrogen and oxygen atoms in total. The lowest BCUT2D eigenvalue weighted by molar-refractivity contribution is 0.0600. The summed E-state index contributed by atoms with van der Waals surface area (Å²) in [7, 11) is 1.34. The maximum Gasteiger partial charge on any atom is 0.337 e. The highest BCUT2D eigenvalue weighted by molar-refractivity contribution is 6.04. The van der Waals surface area contributed by atoms with Crippen molar-refractivity contribution in [3.05, 3.63) is 83.0 Å². The molecule has 28 heavy (non-hydrogen) atoms. The summed E-state index contributed by atoms with van der Waals surface area (Å²) in [5.41, 5.74) is 4.58. The van der Waals surface area contributed by atoms with Crippen LogP contribution >= 0.6 is 0 Å². The molecule has 0 spiro atoms. The van der Waals surface area contributed by atoms with Crippen molar-refractivity contribution in [3.8, 4) is 0 Å². The summed E-state index contributed by atoms with van der Waals surface area (Å²) in [5, 5.41) is 6.04. The minimum absolute atomic E-state index is 0.213. The Kier molecular flexibility index (Phi) is 5.69.